The van der Waals surface area contributed by atoms with Gasteiger partial charge in [-0.25, -0.2) is 9.18 Å². The number of carbonyl (C=O) groups is 2. The Kier molecular flexibility index (Phi) is 7.04. The number of carboxylic acids is 1. The highest BCUT2D eigenvalue weighted by Gasteiger charge is 2.34. The van der Waals surface area contributed by atoms with Crippen molar-refractivity contribution in [1.29, 1.82) is 0 Å². The minimum Gasteiger partial charge on any atom is -0.482 e. The van der Waals surface area contributed by atoms with E-state index in [4.69, 9.17) is 33.0 Å². The zero-order valence-electron chi connectivity index (χ0n) is 19.5. The van der Waals surface area contributed by atoms with Crippen LogP contribution < -0.4 is 4.74 Å². The molecule has 10 heteroatoms. The molecule has 1 N–H and O–H groups in total. The van der Waals surface area contributed by atoms with Crippen molar-refractivity contribution in [3.8, 4) is 5.75 Å². The van der Waals surface area contributed by atoms with Crippen LogP contribution in [-0.2, 0) is 22.6 Å². The maximum atomic E-state index is 14.1. The molecule has 1 atom stereocenters. The van der Waals surface area contributed by atoms with E-state index in [1.807, 2.05) is 12.1 Å². The van der Waals surface area contributed by atoms with E-state index in [0.29, 0.717) is 35.1 Å². The van der Waals surface area contributed by atoms with Crippen LogP contribution in [0.5, 0.6) is 5.75 Å². The minimum absolute atomic E-state index is 0.140. The van der Waals surface area contributed by atoms with Crippen molar-refractivity contribution in [3.05, 3.63) is 93.3 Å². The molecule has 0 aliphatic carbocycles. The van der Waals surface area contributed by atoms with Crippen LogP contribution in [0.1, 0.15) is 29.2 Å². The van der Waals surface area contributed by atoms with E-state index in [1.54, 1.807) is 46.1 Å². The first-order valence-corrected chi connectivity index (χ1v) is 12.4. The highest BCUT2D eigenvalue weighted by molar-refractivity contribution is 6.35. The van der Waals surface area contributed by atoms with E-state index < -0.39 is 18.6 Å². The fourth-order valence-electron chi connectivity index (χ4n) is 4.82. The molecule has 1 aliphatic heterocycles. The molecule has 1 aliphatic rings. The van der Waals surface area contributed by atoms with Crippen LogP contribution in [0.15, 0.2) is 60.8 Å². The summed E-state index contributed by atoms with van der Waals surface area (Å²) in [5, 5.41) is 15.4. The number of nitrogens with zero attached hydrogens (tertiary/aromatic N) is 3. The van der Waals surface area contributed by atoms with E-state index >= 15 is 0 Å². The third kappa shape index (κ3) is 5.12. The summed E-state index contributed by atoms with van der Waals surface area (Å²) in [6.45, 7) is 0.0909. The number of aliphatic carboxylic acids is 1. The predicted octanol–water partition coefficient (Wildman–Crippen LogP) is 5.51. The zero-order chi connectivity index (χ0) is 26.1. The molecule has 2 heterocycles. The quantitative estimate of drug-likeness (QED) is 0.333. The smallest absolute Gasteiger partial charge is 0.341 e. The molecule has 0 fully saturated rings. The van der Waals surface area contributed by atoms with Crippen molar-refractivity contribution in [2.24, 2.45) is 0 Å². The lowest BCUT2D eigenvalue weighted by Gasteiger charge is -2.38. The molecule has 1 amide bonds. The number of hydrogen-bond donors (Lipinski definition) is 1. The summed E-state index contributed by atoms with van der Waals surface area (Å²) in [6, 6.07) is 14.2. The van der Waals surface area contributed by atoms with Gasteiger partial charge in [0.1, 0.15) is 11.6 Å². The molecule has 190 valence electrons. The average molecular weight is 542 g/mol. The van der Waals surface area contributed by atoms with Gasteiger partial charge in [-0.3, -0.25) is 9.48 Å². The summed E-state index contributed by atoms with van der Waals surface area (Å²) in [4.78, 5) is 26.5. The molecule has 0 bridgehead atoms. The van der Waals surface area contributed by atoms with Crippen LogP contribution in [-0.4, -0.2) is 44.8 Å². The number of aromatic nitrogens is 2. The van der Waals surface area contributed by atoms with Gasteiger partial charge in [-0.05, 0) is 53.9 Å². The van der Waals surface area contributed by atoms with Gasteiger partial charge in [0.05, 0.1) is 29.3 Å². The summed E-state index contributed by atoms with van der Waals surface area (Å²) >= 11 is 12.7. The van der Waals surface area contributed by atoms with Crippen LogP contribution in [0.2, 0.25) is 10.0 Å². The van der Waals surface area contributed by atoms with Gasteiger partial charge in [-0.15, -0.1) is 0 Å². The number of ether oxygens (including phenoxy) is 1. The second kappa shape index (κ2) is 10.4. The number of aryl methyl sites for hydroxylation is 1. The van der Waals surface area contributed by atoms with Gasteiger partial charge in [0.25, 0.3) is 0 Å². The Hall–Kier alpha value is -3.62. The van der Waals surface area contributed by atoms with Crippen molar-refractivity contribution in [2.75, 3.05) is 13.2 Å². The molecule has 7 nitrogen and oxygen atoms in total. The molecule has 0 radical (unpaired) electrons. The van der Waals surface area contributed by atoms with Gasteiger partial charge >= 0.3 is 5.97 Å². The summed E-state index contributed by atoms with van der Waals surface area (Å²) in [5.74, 6) is -1.37. The van der Waals surface area contributed by atoms with Gasteiger partial charge in [0.2, 0.25) is 5.91 Å². The molecular weight excluding hydrogens is 520 g/mol. The SMILES string of the molecule is O=C(O)COc1ccc(Cl)cc1[C@@H]1c2ccc(F)cc2CCN1C(=O)CCn1ncc2cccc(Cl)c21. The molecule has 1 aromatic heterocycles. The zero-order valence-corrected chi connectivity index (χ0v) is 21.0. The second-order valence-electron chi connectivity index (χ2n) is 8.74. The molecule has 0 spiro atoms. The van der Waals surface area contributed by atoms with Crippen molar-refractivity contribution in [3.63, 3.8) is 0 Å². The highest BCUT2D eigenvalue weighted by atomic mass is 35.5. The summed E-state index contributed by atoms with van der Waals surface area (Å²) in [6.07, 6.45) is 2.32. The Morgan fingerprint density at radius 2 is 1.95 bits per heavy atom. The van der Waals surface area contributed by atoms with E-state index in [9.17, 15) is 14.0 Å². The number of carbonyl (C=O) groups excluding carboxylic acids is 1. The van der Waals surface area contributed by atoms with Crippen molar-refractivity contribution < 1.29 is 23.8 Å². The maximum Gasteiger partial charge on any atom is 0.341 e. The van der Waals surface area contributed by atoms with Gasteiger partial charge in [0, 0.05) is 28.9 Å². The lowest BCUT2D eigenvalue weighted by Crippen LogP contribution is -2.41. The lowest BCUT2D eigenvalue weighted by molar-refractivity contribution is -0.139. The molecular formula is C27H22Cl2FN3O4. The normalized spacial score (nSPS) is 15.0. The largest absolute Gasteiger partial charge is 0.482 e. The van der Waals surface area contributed by atoms with E-state index in [1.165, 1.54) is 12.1 Å². The van der Waals surface area contributed by atoms with E-state index in [-0.39, 0.29) is 23.9 Å². The number of hydrogen-bond acceptors (Lipinski definition) is 4. The Labute approximate surface area is 222 Å². The van der Waals surface area contributed by atoms with E-state index in [0.717, 1.165) is 22.0 Å². The number of halogens is 3. The number of para-hydroxylation sites is 1. The van der Waals surface area contributed by atoms with Crippen molar-refractivity contribution >= 4 is 46.0 Å². The van der Waals surface area contributed by atoms with Crippen LogP contribution in [0, 0.1) is 5.82 Å². The molecule has 3 aromatic carbocycles. The number of benzene rings is 3. The number of amides is 1. The third-order valence-corrected chi connectivity index (χ3v) is 6.96. The molecule has 4 aromatic rings. The van der Waals surface area contributed by atoms with Gasteiger partial charge in [0.15, 0.2) is 6.61 Å². The highest BCUT2D eigenvalue weighted by Crippen LogP contribution is 2.41. The van der Waals surface area contributed by atoms with Gasteiger partial charge in [-0.2, -0.15) is 5.10 Å². The lowest BCUT2D eigenvalue weighted by atomic mass is 9.87. The molecule has 0 saturated carbocycles. The van der Waals surface area contributed by atoms with Gasteiger partial charge < -0.3 is 14.7 Å². The number of carboxylic acid groups (broad SMARTS) is 1. The Morgan fingerprint density at radius 1 is 1.11 bits per heavy atom. The average Bonchev–Trinajstić information content (AvgIpc) is 3.30. The first-order chi connectivity index (χ1) is 17.8. The number of rotatable bonds is 7. The molecule has 37 heavy (non-hydrogen) atoms. The van der Waals surface area contributed by atoms with Crippen LogP contribution in [0.4, 0.5) is 4.39 Å². The first kappa shape index (κ1) is 25.0. The van der Waals surface area contributed by atoms with Crippen LogP contribution in [0.25, 0.3) is 10.9 Å². The van der Waals surface area contributed by atoms with Crippen LogP contribution in [0.3, 0.4) is 0 Å². The topological polar surface area (TPSA) is 84.7 Å². The fraction of sp³-hybridized carbons (Fsp3) is 0.222. The monoisotopic (exact) mass is 541 g/mol. The standard InChI is InChI=1S/C27H22Cl2FN3O4/c28-18-4-7-23(37-15-25(35)36)21(13-18)27-20-6-5-19(30)12-16(20)8-10-32(27)24(34)9-11-33-26-17(14-31-33)2-1-3-22(26)29/h1-7,12-14,27H,8-11,15H2,(H,35,36)/t27-/m0/s1. The predicted molar refractivity (Wildman–Crippen MR) is 138 cm³/mol. The maximum absolute atomic E-state index is 14.1. The van der Waals surface area contributed by atoms with Crippen molar-refractivity contribution in [1.82, 2.24) is 14.7 Å². The second-order valence-corrected chi connectivity index (χ2v) is 9.59. The summed E-state index contributed by atoms with van der Waals surface area (Å²) in [7, 11) is 0. The Bertz CT molecular complexity index is 1510. The fourth-order valence-corrected chi connectivity index (χ4v) is 5.28. The third-order valence-electron chi connectivity index (χ3n) is 6.42. The Morgan fingerprint density at radius 3 is 2.76 bits per heavy atom. The van der Waals surface area contributed by atoms with Gasteiger partial charge in [-0.1, -0.05) is 41.4 Å². The van der Waals surface area contributed by atoms with Crippen molar-refractivity contribution in [2.45, 2.75) is 25.4 Å². The molecule has 0 unspecified atom stereocenters. The summed E-state index contributed by atoms with van der Waals surface area (Å²) < 4.78 is 21.3. The first-order valence-electron chi connectivity index (χ1n) is 11.6. The molecule has 0 saturated heterocycles. The Balaban J connectivity index is 1.50. The van der Waals surface area contributed by atoms with Crippen LogP contribution >= 0.6 is 23.2 Å². The van der Waals surface area contributed by atoms with E-state index in [2.05, 4.69) is 5.10 Å². The summed E-state index contributed by atoms with van der Waals surface area (Å²) in [5.41, 5.74) is 2.79. The minimum atomic E-state index is -1.13. The molecule has 5 rings (SSSR count). The number of fused-ring (bicyclic) bond motifs is 2.